The average molecular weight is 246 g/mol. The van der Waals surface area contributed by atoms with Crippen LogP contribution in [0.15, 0.2) is 16.6 Å². The summed E-state index contributed by atoms with van der Waals surface area (Å²) in [7, 11) is 1.23. The Morgan fingerprint density at radius 3 is 2.77 bits per heavy atom. The fourth-order valence-electron chi connectivity index (χ4n) is 0.886. The lowest BCUT2D eigenvalue weighted by atomic mass is 10.2. The van der Waals surface area contributed by atoms with Crippen LogP contribution in [0.5, 0.6) is 5.75 Å². The summed E-state index contributed by atoms with van der Waals surface area (Å²) in [5, 5.41) is 9.38. The number of carbonyl (C=O) groups is 1. The van der Waals surface area contributed by atoms with E-state index >= 15 is 0 Å². The highest BCUT2D eigenvalue weighted by Gasteiger charge is 2.14. The van der Waals surface area contributed by atoms with Gasteiger partial charge in [-0.15, -0.1) is 0 Å². The van der Waals surface area contributed by atoms with Gasteiger partial charge in [0, 0.05) is 4.47 Å². The summed E-state index contributed by atoms with van der Waals surface area (Å²) in [5.74, 6) is -0.874. The maximum Gasteiger partial charge on any atom is 0.341 e. The number of halogens is 1. The van der Waals surface area contributed by atoms with Crippen LogP contribution >= 0.6 is 15.9 Å². The van der Waals surface area contributed by atoms with Crippen molar-refractivity contribution in [3.8, 4) is 5.75 Å². The van der Waals surface area contributed by atoms with Crippen LogP contribution in [0.3, 0.4) is 0 Å². The molecular weight excluding hydrogens is 238 g/mol. The Balaban J connectivity index is 3.28. The average Bonchev–Trinajstić information content (AvgIpc) is 2.10. The Bertz CT molecular complexity index is 351. The highest BCUT2D eigenvalue weighted by atomic mass is 79.9. The number of benzene rings is 1. The molecule has 0 unspecified atom stereocenters. The topological polar surface area (TPSA) is 72.5 Å². The van der Waals surface area contributed by atoms with Crippen molar-refractivity contribution in [3.63, 3.8) is 0 Å². The number of nitrogen functional groups attached to an aromatic ring is 1. The number of phenolic OH excluding ortho intramolecular Hbond substituents is 1. The fraction of sp³-hybridized carbons (Fsp3) is 0.125. The predicted molar refractivity (Wildman–Crippen MR) is 51.6 cm³/mol. The lowest BCUT2D eigenvalue weighted by Gasteiger charge is -2.05. The van der Waals surface area contributed by atoms with E-state index in [1.54, 1.807) is 0 Å². The molecule has 70 valence electrons. The van der Waals surface area contributed by atoms with Gasteiger partial charge < -0.3 is 15.6 Å². The number of ether oxygens (including phenoxy) is 1. The van der Waals surface area contributed by atoms with E-state index in [0.29, 0.717) is 4.47 Å². The molecule has 1 aromatic carbocycles. The smallest absolute Gasteiger partial charge is 0.341 e. The molecule has 5 heteroatoms. The molecule has 0 heterocycles. The second-order valence-corrected chi connectivity index (χ2v) is 3.30. The van der Waals surface area contributed by atoms with E-state index in [-0.39, 0.29) is 17.0 Å². The molecule has 0 aliphatic heterocycles. The summed E-state index contributed by atoms with van der Waals surface area (Å²) in [6, 6.07) is 2.94. The van der Waals surface area contributed by atoms with Crippen molar-refractivity contribution in [2.45, 2.75) is 0 Å². The van der Waals surface area contributed by atoms with Crippen molar-refractivity contribution in [1.29, 1.82) is 0 Å². The van der Waals surface area contributed by atoms with Gasteiger partial charge in [-0.2, -0.15) is 0 Å². The highest BCUT2D eigenvalue weighted by molar-refractivity contribution is 9.10. The van der Waals surface area contributed by atoms with Crippen molar-refractivity contribution < 1.29 is 14.6 Å². The zero-order valence-corrected chi connectivity index (χ0v) is 8.46. The van der Waals surface area contributed by atoms with Gasteiger partial charge >= 0.3 is 5.97 Å². The summed E-state index contributed by atoms with van der Waals surface area (Å²) < 4.78 is 5.07. The zero-order chi connectivity index (χ0) is 10.0. The van der Waals surface area contributed by atoms with E-state index in [2.05, 4.69) is 20.7 Å². The molecule has 0 radical (unpaired) electrons. The van der Waals surface area contributed by atoms with Gasteiger partial charge in [0.2, 0.25) is 0 Å². The molecule has 0 spiro atoms. The number of hydrogen-bond acceptors (Lipinski definition) is 4. The predicted octanol–water partition coefficient (Wildman–Crippen LogP) is 1.52. The molecule has 0 atom stereocenters. The molecule has 0 saturated heterocycles. The van der Waals surface area contributed by atoms with Gasteiger partial charge in [0.25, 0.3) is 0 Å². The molecule has 0 amide bonds. The number of esters is 1. The van der Waals surface area contributed by atoms with Crippen LogP contribution in [-0.2, 0) is 4.74 Å². The summed E-state index contributed by atoms with van der Waals surface area (Å²) >= 11 is 3.15. The van der Waals surface area contributed by atoms with Crippen LogP contribution in [0.2, 0.25) is 0 Å². The van der Waals surface area contributed by atoms with E-state index in [0.717, 1.165) is 0 Å². The first kappa shape index (κ1) is 9.85. The molecule has 0 aliphatic rings. The number of carbonyl (C=O) groups excluding carboxylic acids is 1. The van der Waals surface area contributed by atoms with Crippen molar-refractivity contribution in [2.75, 3.05) is 12.8 Å². The molecule has 3 N–H and O–H groups in total. The minimum absolute atomic E-state index is 0.0503. The lowest BCUT2D eigenvalue weighted by molar-refractivity contribution is 0.0597. The third-order valence-electron chi connectivity index (χ3n) is 1.51. The van der Waals surface area contributed by atoms with Crippen molar-refractivity contribution in [2.24, 2.45) is 0 Å². The molecule has 0 fully saturated rings. The third kappa shape index (κ3) is 1.92. The molecule has 0 saturated carbocycles. The zero-order valence-electron chi connectivity index (χ0n) is 6.87. The summed E-state index contributed by atoms with van der Waals surface area (Å²) in [6.45, 7) is 0. The lowest BCUT2D eigenvalue weighted by Crippen LogP contribution is -2.03. The highest BCUT2D eigenvalue weighted by Crippen LogP contribution is 2.29. The maximum absolute atomic E-state index is 11.1. The van der Waals surface area contributed by atoms with Gasteiger partial charge in [-0.1, -0.05) is 15.9 Å². The van der Waals surface area contributed by atoms with E-state index in [1.165, 1.54) is 19.2 Å². The van der Waals surface area contributed by atoms with E-state index in [4.69, 9.17) is 5.73 Å². The molecule has 1 aromatic rings. The van der Waals surface area contributed by atoms with Crippen LogP contribution in [0.4, 0.5) is 5.69 Å². The van der Waals surface area contributed by atoms with Crippen LogP contribution in [0.1, 0.15) is 10.4 Å². The van der Waals surface area contributed by atoms with Crippen LogP contribution in [0, 0.1) is 0 Å². The minimum atomic E-state index is -0.620. The SMILES string of the molecule is COC(=O)c1cc(Br)cc(N)c1O. The number of hydrogen-bond donors (Lipinski definition) is 2. The van der Waals surface area contributed by atoms with Crippen molar-refractivity contribution in [3.05, 3.63) is 22.2 Å². The normalized spacial score (nSPS) is 9.69. The number of phenols is 1. The van der Waals surface area contributed by atoms with Gasteiger partial charge in [-0.25, -0.2) is 4.79 Å². The van der Waals surface area contributed by atoms with Gasteiger partial charge in [-0.05, 0) is 12.1 Å². The quantitative estimate of drug-likeness (QED) is 0.447. The molecule has 4 nitrogen and oxygen atoms in total. The fourth-order valence-corrected chi connectivity index (χ4v) is 1.36. The Hall–Kier alpha value is -1.23. The van der Waals surface area contributed by atoms with Crippen LogP contribution < -0.4 is 5.73 Å². The molecule has 13 heavy (non-hydrogen) atoms. The maximum atomic E-state index is 11.1. The second kappa shape index (κ2) is 3.66. The molecule has 0 aromatic heterocycles. The Morgan fingerprint density at radius 1 is 1.62 bits per heavy atom. The summed E-state index contributed by atoms with van der Waals surface area (Å²) in [6.07, 6.45) is 0. The van der Waals surface area contributed by atoms with Gasteiger partial charge in [0.1, 0.15) is 5.56 Å². The van der Waals surface area contributed by atoms with E-state index in [1.807, 2.05) is 0 Å². The number of rotatable bonds is 1. The number of nitrogens with two attached hydrogens (primary N) is 1. The first-order valence-corrected chi connectivity index (χ1v) is 4.22. The summed E-state index contributed by atoms with van der Waals surface area (Å²) in [4.78, 5) is 11.1. The number of anilines is 1. The first-order valence-electron chi connectivity index (χ1n) is 3.42. The molecule has 1 rings (SSSR count). The molecule has 0 aliphatic carbocycles. The second-order valence-electron chi connectivity index (χ2n) is 2.38. The van der Waals surface area contributed by atoms with E-state index in [9.17, 15) is 9.90 Å². The standard InChI is InChI=1S/C8H8BrNO3/c1-13-8(12)5-2-4(9)3-6(10)7(5)11/h2-3,11H,10H2,1H3. The van der Waals surface area contributed by atoms with Crippen molar-refractivity contribution >= 4 is 27.6 Å². The largest absolute Gasteiger partial charge is 0.505 e. The Morgan fingerprint density at radius 2 is 2.23 bits per heavy atom. The van der Waals surface area contributed by atoms with Gasteiger partial charge in [-0.3, -0.25) is 0 Å². The van der Waals surface area contributed by atoms with E-state index < -0.39 is 5.97 Å². The van der Waals surface area contributed by atoms with Crippen molar-refractivity contribution in [1.82, 2.24) is 0 Å². The summed E-state index contributed by atoms with van der Waals surface area (Å²) in [5.41, 5.74) is 5.61. The van der Waals surface area contributed by atoms with Gasteiger partial charge in [0.15, 0.2) is 5.75 Å². The Kier molecular flexibility index (Phi) is 2.77. The third-order valence-corrected chi connectivity index (χ3v) is 1.97. The molecular formula is C8H8BrNO3. The minimum Gasteiger partial charge on any atom is -0.505 e. The van der Waals surface area contributed by atoms with Gasteiger partial charge in [0.05, 0.1) is 12.8 Å². The molecule has 0 bridgehead atoms. The Labute approximate surface area is 83.4 Å². The monoisotopic (exact) mass is 245 g/mol. The first-order chi connectivity index (χ1) is 6.06. The van der Waals surface area contributed by atoms with Crippen LogP contribution in [0.25, 0.3) is 0 Å². The number of methoxy groups -OCH3 is 1. The van der Waals surface area contributed by atoms with Crippen LogP contribution in [-0.4, -0.2) is 18.2 Å². The number of aromatic hydroxyl groups is 1.